The Balaban J connectivity index is 3.26. The molecule has 0 amide bonds. The molecule has 2 nitrogen and oxygen atoms in total. The third kappa shape index (κ3) is 1.85. The average molecular weight is 250 g/mol. The molecule has 0 aliphatic carbocycles. The van der Waals surface area contributed by atoms with Crippen LogP contribution in [-0.4, -0.2) is 11.1 Å². The molecule has 13 heavy (non-hydrogen) atoms. The fraction of sp³-hybridized carbons (Fsp3) is 0.125. The van der Waals surface area contributed by atoms with Crippen molar-refractivity contribution in [2.24, 2.45) is 0 Å². The van der Waals surface area contributed by atoms with Crippen molar-refractivity contribution in [2.75, 3.05) is 11.1 Å². The summed E-state index contributed by atoms with van der Waals surface area (Å²) in [7, 11) is 0. The normalized spacial score (nSPS) is 10.1. The molecule has 0 heterocycles. The third-order valence-electron chi connectivity index (χ3n) is 1.55. The smallest absolute Gasteiger partial charge is 0.182 e. The number of alkyl halides is 1. The van der Waals surface area contributed by atoms with Crippen LogP contribution in [0.25, 0.3) is 0 Å². The van der Waals surface area contributed by atoms with Gasteiger partial charge >= 0.3 is 0 Å². The van der Waals surface area contributed by atoms with Crippen molar-refractivity contribution < 1.29 is 13.6 Å². The van der Waals surface area contributed by atoms with E-state index in [0.29, 0.717) is 0 Å². The van der Waals surface area contributed by atoms with Gasteiger partial charge in [0.25, 0.3) is 0 Å². The van der Waals surface area contributed by atoms with Gasteiger partial charge in [0.2, 0.25) is 0 Å². The number of halogens is 3. The predicted octanol–water partition coefficient (Wildman–Crippen LogP) is 2.12. The van der Waals surface area contributed by atoms with Gasteiger partial charge in [-0.25, -0.2) is 8.78 Å². The van der Waals surface area contributed by atoms with Crippen molar-refractivity contribution in [3.05, 3.63) is 29.3 Å². The summed E-state index contributed by atoms with van der Waals surface area (Å²) in [6, 6.07) is 2.04. The van der Waals surface area contributed by atoms with E-state index in [9.17, 15) is 13.6 Å². The first-order valence-corrected chi connectivity index (χ1v) is 4.52. The number of nitrogens with two attached hydrogens (primary N) is 1. The van der Waals surface area contributed by atoms with Crippen molar-refractivity contribution >= 4 is 27.4 Å². The molecule has 0 aromatic heterocycles. The monoisotopic (exact) mass is 249 g/mol. The Morgan fingerprint density at radius 2 is 2.08 bits per heavy atom. The Labute approximate surface area is 81.9 Å². The van der Waals surface area contributed by atoms with Crippen LogP contribution in [0.15, 0.2) is 12.1 Å². The first-order valence-electron chi connectivity index (χ1n) is 3.40. The molecule has 0 radical (unpaired) electrons. The molecule has 0 saturated heterocycles. The number of carbonyl (C=O) groups is 1. The summed E-state index contributed by atoms with van der Waals surface area (Å²) in [5.74, 6) is -2.60. The molecule has 2 N–H and O–H groups in total. The van der Waals surface area contributed by atoms with Gasteiger partial charge in [-0.05, 0) is 12.1 Å². The molecule has 0 unspecified atom stereocenters. The van der Waals surface area contributed by atoms with Crippen LogP contribution in [0.3, 0.4) is 0 Å². The highest BCUT2D eigenvalue weighted by molar-refractivity contribution is 9.09. The minimum absolute atomic E-state index is 0.00391. The number of hydrogen-bond donors (Lipinski definition) is 1. The maximum absolute atomic E-state index is 12.8. The highest BCUT2D eigenvalue weighted by Crippen LogP contribution is 2.19. The van der Waals surface area contributed by atoms with E-state index >= 15 is 0 Å². The second-order valence-electron chi connectivity index (χ2n) is 2.38. The van der Waals surface area contributed by atoms with Gasteiger partial charge in [-0.2, -0.15) is 0 Å². The maximum Gasteiger partial charge on any atom is 0.182 e. The van der Waals surface area contributed by atoms with Crippen LogP contribution in [0.5, 0.6) is 0 Å². The summed E-state index contributed by atoms with van der Waals surface area (Å²) in [4.78, 5) is 11.1. The number of anilines is 1. The summed E-state index contributed by atoms with van der Waals surface area (Å²) < 4.78 is 25.4. The standard InChI is InChI=1S/C8H6BrF2NO/c9-3-6(13)4-1-2-5(10)7(11)8(4)12/h1-2H,3,12H2. The van der Waals surface area contributed by atoms with Crippen LogP contribution < -0.4 is 5.73 Å². The van der Waals surface area contributed by atoms with Crippen molar-refractivity contribution in [1.29, 1.82) is 0 Å². The van der Waals surface area contributed by atoms with E-state index in [-0.39, 0.29) is 16.7 Å². The molecule has 1 aromatic rings. The summed E-state index contributed by atoms with van der Waals surface area (Å²) in [5, 5.41) is 0.0300. The Morgan fingerprint density at radius 1 is 1.46 bits per heavy atom. The van der Waals surface area contributed by atoms with Crippen LogP contribution in [-0.2, 0) is 0 Å². The SMILES string of the molecule is Nc1c(C(=O)CBr)ccc(F)c1F. The van der Waals surface area contributed by atoms with E-state index < -0.39 is 17.3 Å². The van der Waals surface area contributed by atoms with Gasteiger partial charge in [0, 0.05) is 5.56 Å². The summed E-state index contributed by atoms with van der Waals surface area (Å²) in [5.41, 5.74) is 4.76. The molecule has 0 saturated carbocycles. The molecule has 0 atom stereocenters. The van der Waals surface area contributed by atoms with E-state index in [0.717, 1.165) is 12.1 Å². The fourth-order valence-electron chi connectivity index (χ4n) is 0.881. The second-order valence-corrected chi connectivity index (χ2v) is 2.94. The van der Waals surface area contributed by atoms with E-state index in [1.807, 2.05) is 0 Å². The fourth-order valence-corrected chi connectivity index (χ4v) is 1.18. The summed E-state index contributed by atoms with van der Waals surface area (Å²) in [6.07, 6.45) is 0. The van der Waals surface area contributed by atoms with Crippen molar-refractivity contribution in [2.45, 2.75) is 0 Å². The molecule has 1 aromatic carbocycles. The first kappa shape index (κ1) is 10.1. The molecule has 5 heteroatoms. The number of carbonyl (C=O) groups excluding carboxylic acids is 1. The molecule has 0 aliphatic heterocycles. The lowest BCUT2D eigenvalue weighted by Crippen LogP contribution is -2.07. The Hall–Kier alpha value is -0.970. The Kier molecular flexibility index (Phi) is 2.98. The van der Waals surface area contributed by atoms with Gasteiger partial charge < -0.3 is 5.73 Å². The minimum Gasteiger partial charge on any atom is -0.396 e. The zero-order valence-corrected chi connectivity index (χ0v) is 8.07. The lowest BCUT2D eigenvalue weighted by molar-refractivity contribution is 0.102. The van der Waals surface area contributed by atoms with Gasteiger partial charge in [-0.15, -0.1) is 0 Å². The van der Waals surface area contributed by atoms with Crippen LogP contribution >= 0.6 is 15.9 Å². The molecular formula is C8H6BrF2NO. The second kappa shape index (κ2) is 3.83. The van der Waals surface area contributed by atoms with Crippen LogP contribution in [0.1, 0.15) is 10.4 Å². The van der Waals surface area contributed by atoms with E-state index in [4.69, 9.17) is 5.73 Å². The largest absolute Gasteiger partial charge is 0.396 e. The minimum atomic E-state index is -1.17. The molecular weight excluding hydrogens is 244 g/mol. The summed E-state index contributed by atoms with van der Waals surface area (Å²) >= 11 is 2.91. The Bertz CT molecular complexity index is 354. The van der Waals surface area contributed by atoms with Gasteiger partial charge in [-0.3, -0.25) is 4.79 Å². The number of Topliss-reactive ketones (excluding diaryl/α,β-unsaturated/α-hetero) is 1. The molecule has 70 valence electrons. The van der Waals surface area contributed by atoms with Gasteiger partial charge in [0.1, 0.15) is 0 Å². The van der Waals surface area contributed by atoms with Gasteiger partial charge in [0.15, 0.2) is 17.4 Å². The zero-order chi connectivity index (χ0) is 10.0. The average Bonchev–Trinajstić information content (AvgIpc) is 2.13. The van der Waals surface area contributed by atoms with Crippen molar-refractivity contribution in [1.82, 2.24) is 0 Å². The zero-order valence-electron chi connectivity index (χ0n) is 6.48. The number of nitrogen functional groups attached to an aromatic ring is 1. The van der Waals surface area contributed by atoms with Gasteiger partial charge in [-0.1, -0.05) is 15.9 Å². The number of hydrogen-bond acceptors (Lipinski definition) is 2. The van der Waals surface area contributed by atoms with Gasteiger partial charge in [0.05, 0.1) is 11.0 Å². The maximum atomic E-state index is 12.8. The molecule has 1 rings (SSSR count). The van der Waals surface area contributed by atoms with Crippen molar-refractivity contribution in [3.63, 3.8) is 0 Å². The number of rotatable bonds is 2. The molecule has 0 bridgehead atoms. The summed E-state index contributed by atoms with van der Waals surface area (Å²) in [6.45, 7) is 0. The van der Waals surface area contributed by atoms with Crippen molar-refractivity contribution in [3.8, 4) is 0 Å². The molecule has 0 aliphatic rings. The lowest BCUT2D eigenvalue weighted by atomic mass is 10.1. The van der Waals surface area contributed by atoms with E-state index in [1.165, 1.54) is 0 Å². The topological polar surface area (TPSA) is 43.1 Å². The predicted molar refractivity (Wildman–Crippen MR) is 48.9 cm³/mol. The first-order chi connectivity index (χ1) is 6.07. The van der Waals surface area contributed by atoms with Crippen LogP contribution in [0.2, 0.25) is 0 Å². The molecule has 0 spiro atoms. The lowest BCUT2D eigenvalue weighted by Gasteiger charge is -2.03. The quantitative estimate of drug-likeness (QED) is 0.496. The Morgan fingerprint density at radius 3 is 2.62 bits per heavy atom. The number of ketones is 1. The van der Waals surface area contributed by atoms with Crippen LogP contribution in [0, 0.1) is 11.6 Å². The highest BCUT2D eigenvalue weighted by Gasteiger charge is 2.14. The third-order valence-corrected chi connectivity index (χ3v) is 2.06. The van der Waals surface area contributed by atoms with E-state index in [1.54, 1.807) is 0 Å². The molecule has 0 fully saturated rings. The van der Waals surface area contributed by atoms with Crippen LogP contribution in [0.4, 0.5) is 14.5 Å². The number of benzene rings is 1. The van der Waals surface area contributed by atoms with E-state index in [2.05, 4.69) is 15.9 Å². The highest BCUT2D eigenvalue weighted by atomic mass is 79.9.